The molecule has 0 aliphatic rings. The third-order valence-electron chi connectivity index (χ3n) is 3.36. The van der Waals surface area contributed by atoms with Crippen LogP contribution >= 0.6 is 15.9 Å². The van der Waals surface area contributed by atoms with E-state index in [9.17, 15) is 18.4 Å². The van der Waals surface area contributed by atoms with Gasteiger partial charge in [-0.1, -0.05) is 28.1 Å². The fourth-order valence-corrected chi connectivity index (χ4v) is 2.34. The van der Waals surface area contributed by atoms with Crippen molar-refractivity contribution in [3.63, 3.8) is 0 Å². The van der Waals surface area contributed by atoms with E-state index >= 15 is 0 Å². The molecule has 0 fully saturated rings. The molecule has 7 heteroatoms. The molecule has 0 aromatic heterocycles. The SMILES string of the molecule is COC(=O)CC(NC(=O)c1ccc(F)c(F)c1)c1ccc(Br)cc1. The number of amides is 1. The van der Waals surface area contributed by atoms with Crippen LogP contribution in [0, 0.1) is 11.6 Å². The van der Waals surface area contributed by atoms with Crippen LogP contribution in [0.5, 0.6) is 0 Å². The second-order valence-electron chi connectivity index (χ2n) is 4.99. The average molecular weight is 398 g/mol. The van der Waals surface area contributed by atoms with Crippen molar-refractivity contribution in [1.82, 2.24) is 5.32 Å². The average Bonchev–Trinajstić information content (AvgIpc) is 2.57. The first-order valence-corrected chi connectivity index (χ1v) is 7.78. The second-order valence-corrected chi connectivity index (χ2v) is 5.90. The topological polar surface area (TPSA) is 55.4 Å². The maximum Gasteiger partial charge on any atom is 0.307 e. The number of benzene rings is 2. The Morgan fingerprint density at radius 3 is 2.38 bits per heavy atom. The predicted molar refractivity (Wildman–Crippen MR) is 87.3 cm³/mol. The van der Waals surface area contributed by atoms with E-state index in [2.05, 4.69) is 26.0 Å². The maximum absolute atomic E-state index is 13.3. The molecule has 0 saturated heterocycles. The molecule has 0 saturated carbocycles. The van der Waals surface area contributed by atoms with E-state index in [4.69, 9.17) is 0 Å². The smallest absolute Gasteiger partial charge is 0.307 e. The standard InChI is InChI=1S/C17H14BrF2NO3/c1-24-16(22)9-15(10-2-5-12(18)6-3-10)21-17(23)11-4-7-13(19)14(20)8-11/h2-8,15H,9H2,1H3,(H,21,23). The van der Waals surface area contributed by atoms with E-state index in [1.807, 2.05) is 0 Å². The quantitative estimate of drug-likeness (QED) is 0.781. The number of esters is 1. The van der Waals surface area contributed by atoms with Crippen LogP contribution in [0.15, 0.2) is 46.9 Å². The highest BCUT2D eigenvalue weighted by Crippen LogP contribution is 2.21. The minimum Gasteiger partial charge on any atom is -0.469 e. The first-order valence-electron chi connectivity index (χ1n) is 6.99. The summed E-state index contributed by atoms with van der Waals surface area (Å²) in [4.78, 5) is 23.9. The summed E-state index contributed by atoms with van der Waals surface area (Å²) in [6, 6.07) is 9.20. The van der Waals surface area contributed by atoms with E-state index in [0.29, 0.717) is 5.56 Å². The molecule has 2 rings (SSSR count). The van der Waals surface area contributed by atoms with Gasteiger partial charge in [0.2, 0.25) is 0 Å². The largest absolute Gasteiger partial charge is 0.469 e. The van der Waals surface area contributed by atoms with Gasteiger partial charge < -0.3 is 10.1 Å². The predicted octanol–water partition coefficient (Wildman–Crippen LogP) is 3.76. The van der Waals surface area contributed by atoms with Crippen molar-refractivity contribution in [2.24, 2.45) is 0 Å². The number of ether oxygens (including phenoxy) is 1. The van der Waals surface area contributed by atoms with Crippen molar-refractivity contribution < 1.29 is 23.1 Å². The minimum absolute atomic E-state index is 0.0409. The molecule has 1 N–H and O–H groups in total. The van der Waals surface area contributed by atoms with Crippen LogP contribution < -0.4 is 5.32 Å². The van der Waals surface area contributed by atoms with Crippen LogP contribution in [-0.4, -0.2) is 19.0 Å². The van der Waals surface area contributed by atoms with Gasteiger partial charge in [0, 0.05) is 10.0 Å². The van der Waals surface area contributed by atoms with Gasteiger partial charge in [-0.3, -0.25) is 9.59 Å². The van der Waals surface area contributed by atoms with Crippen LogP contribution in [0.2, 0.25) is 0 Å². The highest BCUT2D eigenvalue weighted by Gasteiger charge is 2.20. The zero-order valence-corrected chi connectivity index (χ0v) is 14.3. The number of hydrogen-bond acceptors (Lipinski definition) is 3. The molecular formula is C17H14BrF2NO3. The molecule has 1 unspecified atom stereocenters. The first kappa shape index (κ1) is 18.1. The van der Waals surface area contributed by atoms with E-state index in [-0.39, 0.29) is 12.0 Å². The Balaban J connectivity index is 2.23. The van der Waals surface area contributed by atoms with Crippen LogP contribution in [0.1, 0.15) is 28.4 Å². The van der Waals surface area contributed by atoms with Crippen LogP contribution in [-0.2, 0) is 9.53 Å². The summed E-state index contributed by atoms with van der Waals surface area (Å²) in [6.45, 7) is 0. The van der Waals surface area contributed by atoms with Crippen LogP contribution in [0.25, 0.3) is 0 Å². The Kier molecular flexibility index (Phi) is 6.03. The summed E-state index contributed by atoms with van der Waals surface area (Å²) < 4.78 is 31.7. The van der Waals surface area contributed by atoms with E-state index in [1.54, 1.807) is 24.3 Å². The van der Waals surface area contributed by atoms with Crippen molar-refractivity contribution in [3.05, 3.63) is 69.7 Å². The Labute approximate surface area is 145 Å². The van der Waals surface area contributed by atoms with E-state index < -0.39 is 29.6 Å². The minimum atomic E-state index is -1.11. The van der Waals surface area contributed by atoms with Gasteiger partial charge >= 0.3 is 5.97 Å². The maximum atomic E-state index is 13.3. The van der Waals surface area contributed by atoms with Gasteiger partial charge in [-0.25, -0.2) is 8.78 Å². The molecule has 0 bridgehead atoms. The van der Waals surface area contributed by atoms with Gasteiger partial charge in [0.1, 0.15) is 0 Å². The number of nitrogens with one attached hydrogen (secondary N) is 1. The van der Waals surface area contributed by atoms with Crippen molar-refractivity contribution >= 4 is 27.8 Å². The van der Waals surface area contributed by atoms with E-state index in [1.165, 1.54) is 13.2 Å². The molecule has 126 valence electrons. The Hall–Kier alpha value is -2.28. The first-order chi connectivity index (χ1) is 11.4. The molecule has 24 heavy (non-hydrogen) atoms. The van der Waals surface area contributed by atoms with Gasteiger partial charge in [0.25, 0.3) is 5.91 Å². The molecular weight excluding hydrogens is 384 g/mol. The number of methoxy groups -OCH3 is 1. The van der Waals surface area contributed by atoms with Crippen molar-refractivity contribution in [2.45, 2.75) is 12.5 Å². The van der Waals surface area contributed by atoms with Crippen LogP contribution in [0.3, 0.4) is 0 Å². The lowest BCUT2D eigenvalue weighted by atomic mass is 10.0. The summed E-state index contributed by atoms with van der Waals surface area (Å²) in [5.41, 5.74) is 0.639. The highest BCUT2D eigenvalue weighted by molar-refractivity contribution is 9.10. The third kappa shape index (κ3) is 4.61. The molecule has 1 atom stereocenters. The molecule has 0 aliphatic carbocycles. The van der Waals surface area contributed by atoms with Gasteiger partial charge in [-0.2, -0.15) is 0 Å². The number of halogens is 3. The van der Waals surface area contributed by atoms with Gasteiger partial charge in [-0.05, 0) is 35.9 Å². The molecule has 0 radical (unpaired) electrons. The monoisotopic (exact) mass is 397 g/mol. The number of carbonyl (C=O) groups is 2. The van der Waals surface area contributed by atoms with Crippen LogP contribution in [0.4, 0.5) is 8.78 Å². The Bertz CT molecular complexity index is 750. The molecule has 0 spiro atoms. The lowest BCUT2D eigenvalue weighted by molar-refractivity contribution is -0.141. The molecule has 4 nitrogen and oxygen atoms in total. The van der Waals surface area contributed by atoms with Crippen molar-refractivity contribution in [1.29, 1.82) is 0 Å². The number of rotatable bonds is 5. The molecule has 0 aliphatic heterocycles. The fraction of sp³-hybridized carbons (Fsp3) is 0.176. The van der Waals surface area contributed by atoms with Gasteiger partial charge in [0.15, 0.2) is 11.6 Å². The zero-order chi connectivity index (χ0) is 17.7. The molecule has 0 heterocycles. The molecule has 2 aromatic carbocycles. The highest BCUT2D eigenvalue weighted by atomic mass is 79.9. The van der Waals surface area contributed by atoms with Gasteiger partial charge in [-0.15, -0.1) is 0 Å². The lowest BCUT2D eigenvalue weighted by Crippen LogP contribution is -2.30. The molecule has 2 aromatic rings. The fourth-order valence-electron chi connectivity index (χ4n) is 2.08. The Morgan fingerprint density at radius 1 is 1.12 bits per heavy atom. The normalized spacial score (nSPS) is 11.7. The van der Waals surface area contributed by atoms with E-state index in [0.717, 1.165) is 16.6 Å². The second kappa shape index (κ2) is 8.01. The van der Waals surface area contributed by atoms with Crippen molar-refractivity contribution in [3.8, 4) is 0 Å². The zero-order valence-electron chi connectivity index (χ0n) is 12.7. The summed E-state index contributed by atoms with van der Waals surface area (Å²) in [5.74, 6) is -3.28. The summed E-state index contributed by atoms with van der Waals surface area (Å²) in [5, 5.41) is 2.64. The third-order valence-corrected chi connectivity index (χ3v) is 3.89. The lowest BCUT2D eigenvalue weighted by Gasteiger charge is -2.18. The number of hydrogen-bond donors (Lipinski definition) is 1. The summed E-state index contributed by atoms with van der Waals surface area (Å²) in [7, 11) is 1.25. The summed E-state index contributed by atoms with van der Waals surface area (Å²) >= 11 is 3.31. The van der Waals surface area contributed by atoms with Gasteiger partial charge in [0.05, 0.1) is 19.6 Å². The number of carbonyl (C=O) groups excluding carboxylic acids is 2. The Morgan fingerprint density at radius 2 is 1.79 bits per heavy atom. The summed E-state index contributed by atoms with van der Waals surface area (Å²) in [6.07, 6.45) is -0.0897. The van der Waals surface area contributed by atoms with Crippen molar-refractivity contribution in [2.75, 3.05) is 7.11 Å². The molecule has 1 amide bonds.